The van der Waals surface area contributed by atoms with Crippen LogP contribution in [0.5, 0.6) is 5.75 Å². The fraction of sp³-hybridized carbons (Fsp3) is 0.231. The zero-order valence-electron chi connectivity index (χ0n) is 11.0. The molecular weight excluding hydrogens is 301 g/mol. The molecule has 20 heavy (non-hydrogen) atoms. The van der Waals surface area contributed by atoms with Crippen LogP contribution >= 0.6 is 23.8 Å². The van der Waals surface area contributed by atoms with E-state index in [0.717, 1.165) is 11.3 Å². The lowest BCUT2D eigenvalue weighted by Gasteiger charge is -2.11. The van der Waals surface area contributed by atoms with Gasteiger partial charge in [0.15, 0.2) is 0 Å². The molecule has 7 heteroatoms. The smallest absolute Gasteiger partial charge is 0.137 e. The molecule has 0 saturated heterocycles. The van der Waals surface area contributed by atoms with E-state index in [-0.39, 0.29) is 22.9 Å². The SMILES string of the molecule is Cc1nn(C)c(Cl)c1COc1cccc(F)c1C(N)=S. The van der Waals surface area contributed by atoms with Crippen molar-refractivity contribution in [2.75, 3.05) is 0 Å². The Morgan fingerprint density at radius 2 is 2.25 bits per heavy atom. The van der Waals surface area contributed by atoms with Crippen molar-refractivity contribution in [2.24, 2.45) is 12.8 Å². The summed E-state index contributed by atoms with van der Waals surface area (Å²) < 4.78 is 20.8. The van der Waals surface area contributed by atoms with Gasteiger partial charge in [-0.05, 0) is 19.1 Å². The molecule has 0 aliphatic carbocycles. The molecule has 0 saturated carbocycles. The van der Waals surface area contributed by atoms with E-state index in [2.05, 4.69) is 5.10 Å². The Labute approximate surface area is 126 Å². The van der Waals surface area contributed by atoms with Gasteiger partial charge in [-0.25, -0.2) is 4.39 Å². The molecule has 0 fully saturated rings. The summed E-state index contributed by atoms with van der Waals surface area (Å²) in [7, 11) is 1.74. The lowest BCUT2D eigenvalue weighted by molar-refractivity contribution is 0.303. The van der Waals surface area contributed by atoms with E-state index >= 15 is 0 Å². The molecule has 0 aliphatic rings. The number of rotatable bonds is 4. The lowest BCUT2D eigenvalue weighted by Crippen LogP contribution is -2.14. The first-order valence-electron chi connectivity index (χ1n) is 5.81. The minimum absolute atomic E-state index is 0.0490. The highest BCUT2D eigenvalue weighted by atomic mass is 35.5. The molecule has 1 aromatic heterocycles. The maximum absolute atomic E-state index is 13.7. The summed E-state index contributed by atoms with van der Waals surface area (Å²) in [6, 6.07) is 4.42. The number of ether oxygens (including phenoxy) is 1. The lowest BCUT2D eigenvalue weighted by atomic mass is 10.2. The number of hydrogen-bond acceptors (Lipinski definition) is 3. The second-order valence-electron chi connectivity index (χ2n) is 4.24. The minimum Gasteiger partial charge on any atom is -0.488 e. The van der Waals surface area contributed by atoms with E-state index in [1.807, 2.05) is 6.92 Å². The average Bonchev–Trinajstić information content (AvgIpc) is 2.61. The van der Waals surface area contributed by atoms with Crippen molar-refractivity contribution in [1.29, 1.82) is 0 Å². The summed E-state index contributed by atoms with van der Waals surface area (Å²) in [6.07, 6.45) is 0. The summed E-state index contributed by atoms with van der Waals surface area (Å²) in [5, 5.41) is 4.66. The number of aromatic nitrogens is 2. The fourth-order valence-corrected chi connectivity index (χ4v) is 2.28. The van der Waals surface area contributed by atoms with Crippen LogP contribution in [0.1, 0.15) is 16.8 Å². The summed E-state index contributed by atoms with van der Waals surface area (Å²) in [5.41, 5.74) is 7.11. The van der Waals surface area contributed by atoms with Gasteiger partial charge in [-0.15, -0.1) is 0 Å². The zero-order chi connectivity index (χ0) is 14.9. The van der Waals surface area contributed by atoms with Crippen molar-refractivity contribution in [3.05, 3.63) is 46.0 Å². The van der Waals surface area contributed by atoms with E-state index in [9.17, 15) is 4.39 Å². The number of nitrogens with two attached hydrogens (primary N) is 1. The molecule has 0 spiro atoms. The molecule has 0 amide bonds. The molecule has 4 nitrogen and oxygen atoms in total. The monoisotopic (exact) mass is 313 g/mol. The molecule has 0 atom stereocenters. The normalized spacial score (nSPS) is 10.6. The molecule has 2 rings (SSSR count). The Morgan fingerprint density at radius 1 is 1.55 bits per heavy atom. The molecule has 0 radical (unpaired) electrons. The largest absolute Gasteiger partial charge is 0.488 e. The van der Waals surface area contributed by atoms with Gasteiger partial charge < -0.3 is 10.5 Å². The fourth-order valence-electron chi connectivity index (χ4n) is 1.85. The first-order valence-corrected chi connectivity index (χ1v) is 6.59. The summed E-state index contributed by atoms with van der Waals surface area (Å²) >= 11 is 10.9. The van der Waals surface area contributed by atoms with Crippen molar-refractivity contribution in [3.8, 4) is 5.75 Å². The van der Waals surface area contributed by atoms with Gasteiger partial charge in [0.1, 0.15) is 28.3 Å². The Hall–Kier alpha value is -1.66. The van der Waals surface area contributed by atoms with Crippen molar-refractivity contribution < 1.29 is 9.13 Å². The molecule has 0 bridgehead atoms. The number of halogens is 2. The van der Waals surface area contributed by atoms with Crippen LogP contribution in [0.25, 0.3) is 0 Å². The van der Waals surface area contributed by atoms with Gasteiger partial charge in [0.2, 0.25) is 0 Å². The molecular formula is C13H13ClFN3OS. The van der Waals surface area contributed by atoms with E-state index in [1.54, 1.807) is 17.8 Å². The van der Waals surface area contributed by atoms with Gasteiger partial charge in [0.05, 0.1) is 11.3 Å². The van der Waals surface area contributed by atoms with Crippen molar-refractivity contribution in [1.82, 2.24) is 9.78 Å². The Bertz CT molecular complexity index is 672. The predicted octanol–water partition coefficient (Wildman–Crippen LogP) is 2.73. The van der Waals surface area contributed by atoms with Crippen LogP contribution in [0.15, 0.2) is 18.2 Å². The van der Waals surface area contributed by atoms with Crippen LogP contribution in [0.3, 0.4) is 0 Å². The third-order valence-electron chi connectivity index (χ3n) is 2.86. The van der Waals surface area contributed by atoms with Crippen molar-refractivity contribution in [3.63, 3.8) is 0 Å². The Balaban J connectivity index is 2.28. The molecule has 1 heterocycles. The van der Waals surface area contributed by atoms with Crippen LogP contribution in [-0.4, -0.2) is 14.8 Å². The van der Waals surface area contributed by atoms with Crippen LogP contribution in [0.4, 0.5) is 4.39 Å². The molecule has 1 aromatic carbocycles. The van der Waals surface area contributed by atoms with Gasteiger partial charge in [0.25, 0.3) is 0 Å². The topological polar surface area (TPSA) is 53.1 Å². The molecule has 2 N–H and O–H groups in total. The quantitative estimate of drug-likeness (QED) is 0.882. The molecule has 106 valence electrons. The zero-order valence-corrected chi connectivity index (χ0v) is 12.6. The van der Waals surface area contributed by atoms with Gasteiger partial charge in [-0.3, -0.25) is 4.68 Å². The minimum atomic E-state index is -0.510. The van der Waals surface area contributed by atoms with E-state index in [4.69, 9.17) is 34.3 Å². The van der Waals surface area contributed by atoms with E-state index < -0.39 is 5.82 Å². The number of aryl methyl sites for hydroxylation is 2. The third kappa shape index (κ3) is 2.76. The first kappa shape index (κ1) is 14.7. The Morgan fingerprint density at radius 3 is 2.80 bits per heavy atom. The van der Waals surface area contributed by atoms with Gasteiger partial charge >= 0.3 is 0 Å². The second kappa shape index (κ2) is 5.76. The Kier molecular flexibility index (Phi) is 4.25. The molecule has 0 unspecified atom stereocenters. The summed E-state index contributed by atoms with van der Waals surface area (Å²) in [5.74, 6) is -0.221. The van der Waals surface area contributed by atoms with Crippen LogP contribution < -0.4 is 10.5 Å². The number of benzene rings is 1. The predicted molar refractivity (Wildman–Crippen MR) is 79.6 cm³/mol. The van der Waals surface area contributed by atoms with Crippen LogP contribution in [0.2, 0.25) is 5.15 Å². The highest BCUT2D eigenvalue weighted by Crippen LogP contribution is 2.25. The van der Waals surface area contributed by atoms with Crippen LogP contribution in [-0.2, 0) is 13.7 Å². The van der Waals surface area contributed by atoms with Crippen LogP contribution in [0, 0.1) is 12.7 Å². The average molecular weight is 314 g/mol. The van der Waals surface area contributed by atoms with E-state index in [1.165, 1.54) is 12.1 Å². The molecule has 0 aliphatic heterocycles. The number of hydrogen-bond donors (Lipinski definition) is 1. The maximum Gasteiger partial charge on any atom is 0.137 e. The summed E-state index contributed by atoms with van der Waals surface area (Å²) in [6.45, 7) is 1.99. The molecule has 2 aromatic rings. The number of thiocarbonyl (C=S) groups is 1. The maximum atomic E-state index is 13.7. The second-order valence-corrected chi connectivity index (χ2v) is 5.04. The standard InChI is InChI=1S/C13H13ClFN3OS/c1-7-8(12(14)18(2)17-7)6-19-10-5-3-4-9(15)11(10)13(16)20/h3-5H,6H2,1-2H3,(H2,16,20). The number of nitrogens with zero attached hydrogens (tertiary/aromatic N) is 2. The third-order valence-corrected chi connectivity index (χ3v) is 3.54. The van der Waals surface area contributed by atoms with Gasteiger partial charge in [-0.2, -0.15) is 5.10 Å². The van der Waals surface area contributed by atoms with Gasteiger partial charge in [0, 0.05) is 12.6 Å². The summed E-state index contributed by atoms with van der Waals surface area (Å²) in [4.78, 5) is -0.0490. The highest BCUT2D eigenvalue weighted by Gasteiger charge is 2.15. The first-order chi connectivity index (χ1) is 9.41. The highest BCUT2D eigenvalue weighted by molar-refractivity contribution is 7.80. The van der Waals surface area contributed by atoms with Crippen molar-refractivity contribution in [2.45, 2.75) is 13.5 Å². The van der Waals surface area contributed by atoms with Crippen molar-refractivity contribution >= 4 is 28.8 Å². The van der Waals surface area contributed by atoms with E-state index in [0.29, 0.717) is 5.15 Å². The van der Waals surface area contributed by atoms with Gasteiger partial charge in [-0.1, -0.05) is 29.9 Å².